The summed E-state index contributed by atoms with van der Waals surface area (Å²) in [5.74, 6) is -0.429. The number of fused-ring (bicyclic) bond motifs is 1. The van der Waals surface area contributed by atoms with Gasteiger partial charge in [0, 0.05) is 34.0 Å². The van der Waals surface area contributed by atoms with Gasteiger partial charge in [-0.05, 0) is 58.0 Å². The fraction of sp³-hybridized carbons (Fsp3) is 0.152. The monoisotopic (exact) mass is 521 g/mol. The fourth-order valence-electron chi connectivity index (χ4n) is 4.80. The maximum Gasteiger partial charge on any atom is 0.253 e. The van der Waals surface area contributed by atoms with Gasteiger partial charge in [-0.15, -0.1) is 11.3 Å². The molecule has 4 aromatic carbocycles. The lowest BCUT2D eigenvalue weighted by Crippen LogP contribution is -2.21. The van der Waals surface area contributed by atoms with Gasteiger partial charge < -0.3 is 5.32 Å². The van der Waals surface area contributed by atoms with Gasteiger partial charge in [0.25, 0.3) is 5.91 Å². The molecule has 0 fully saturated rings. The van der Waals surface area contributed by atoms with Crippen LogP contribution in [-0.2, 0) is 5.41 Å². The van der Waals surface area contributed by atoms with E-state index >= 15 is 0 Å². The van der Waals surface area contributed by atoms with Crippen molar-refractivity contribution in [2.75, 3.05) is 7.05 Å². The molecule has 5 heteroatoms. The van der Waals surface area contributed by atoms with Crippen LogP contribution < -0.4 is 5.32 Å². The Labute approximate surface area is 226 Å². The van der Waals surface area contributed by atoms with Gasteiger partial charge in [-0.1, -0.05) is 80.6 Å². The third-order valence-corrected chi connectivity index (χ3v) is 8.14. The van der Waals surface area contributed by atoms with Gasteiger partial charge in [-0.2, -0.15) is 0 Å². The average molecular weight is 522 g/mol. The number of amides is 1. The molecule has 1 N–H and O–H groups in total. The number of hydrogen-bond donors (Lipinski definition) is 1. The Bertz CT molecular complexity index is 1640. The van der Waals surface area contributed by atoms with Crippen LogP contribution in [-0.4, -0.2) is 18.7 Å². The van der Waals surface area contributed by atoms with Crippen LogP contribution in [0.15, 0.2) is 97.1 Å². The number of hydrogen-bond acceptors (Lipinski definition) is 3. The Morgan fingerprint density at radius 2 is 1.50 bits per heavy atom. The number of Topliss-reactive ketones (excluding diaryl/α,β-unsaturated/α-hetero) is 1. The van der Waals surface area contributed by atoms with E-state index in [1.807, 2.05) is 60.7 Å². The molecule has 190 valence electrons. The first-order valence-corrected chi connectivity index (χ1v) is 13.3. The van der Waals surface area contributed by atoms with Crippen LogP contribution in [0.3, 0.4) is 0 Å². The highest BCUT2D eigenvalue weighted by Crippen LogP contribution is 2.40. The molecule has 5 rings (SSSR count). The molecular weight excluding hydrogens is 493 g/mol. The molecule has 1 heterocycles. The normalized spacial score (nSPS) is 11.5. The first-order valence-electron chi connectivity index (χ1n) is 12.5. The van der Waals surface area contributed by atoms with Crippen LogP contribution in [0.1, 0.15) is 46.5 Å². The molecule has 3 nitrogen and oxygen atoms in total. The van der Waals surface area contributed by atoms with Crippen molar-refractivity contribution < 1.29 is 14.0 Å². The standard InChI is InChI=1S/C33H28FNO2S/c1-33(2,25-10-5-4-6-11-25)20-28(36)24-9-7-8-22(18-24)23-14-17-29-27(19-23)30(32(37)35-3)31(38-29)21-12-15-26(34)16-13-21/h4-19H,20H2,1-3H3,(H,35,37). The predicted octanol–water partition coefficient (Wildman–Crippen LogP) is 8.28. The molecule has 0 aliphatic carbocycles. The lowest BCUT2D eigenvalue weighted by molar-refractivity contribution is 0.0952. The number of thiophene rings is 1. The highest BCUT2D eigenvalue weighted by atomic mass is 32.1. The van der Waals surface area contributed by atoms with E-state index in [2.05, 4.69) is 31.3 Å². The van der Waals surface area contributed by atoms with Crippen LogP contribution in [0.5, 0.6) is 0 Å². The van der Waals surface area contributed by atoms with E-state index in [0.29, 0.717) is 17.5 Å². The molecule has 0 atom stereocenters. The van der Waals surface area contributed by atoms with Gasteiger partial charge in [0.1, 0.15) is 5.82 Å². The number of ketones is 1. The minimum absolute atomic E-state index is 0.0851. The van der Waals surface area contributed by atoms with Crippen molar-refractivity contribution in [1.82, 2.24) is 5.32 Å². The Balaban J connectivity index is 1.52. The van der Waals surface area contributed by atoms with Crippen molar-refractivity contribution in [2.24, 2.45) is 0 Å². The molecule has 0 unspecified atom stereocenters. The lowest BCUT2D eigenvalue weighted by atomic mass is 9.79. The molecule has 38 heavy (non-hydrogen) atoms. The summed E-state index contributed by atoms with van der Waals surface area (Å²) in [6.07, 6.45) is 0.395. The van der Waals surface area contributed by atoms with E-state index in [1.165, 1.54) is 23.5 Å². The highest BCUT2D eigenvalue weighted by Gasteiger charge is 2.25. The van der Waals surface area contributed by atoms with Crippen molar-refractivity contribution in [3.05, 3.63) is 120 Å². The zero-order valence-electron chi connectivity index (χ0n) is 21.5. The summed E-state index contributed by atoms with van der Waals surface area (Å²) in [4.78, 5) is 27.1. The number of carbonyl (C=O) groups excluding carboxylic acids is 2. The lowest BCUT2D eigenvalue weighted by Gasteiger charge is -2.24. The van der Waals surface area contributed by atoms with Gasteiger partial charge in [0.05, 0.1) is 5.56 Å². The fourth-order valence-corrected chi connectivity index (χ4v) is 5.98. The zero-order chi connectivity index (χ0) is 26.9. The predicted molar refractivity (Wildman–Crippen MR) is 154 cm³/mol. The van der Waals surface area contributed by atoms with Gasteiger partial charge in [-0.3, -0.25) is 9.59 Å². The number of nitrogens with one attached hydrogen (secondary N) is 1. The molecule has 0 radical (unpaired) electrons. The summed E-state index contributed by atoms with van der Waals surface area (Å²) in [7, 11) is 1.61. The Kier molecular flexibility index (Phi) is 6.96. The van der Waals surface area contributed by atoms with Crippen molar-refractivity contribution in [2.45, 2.75) is 25.7 Å². The van der Waals surface area contributed by atoms with E-state index in [0.717, 1.165) is 37.2 Å². The van der Waals surface area contributed by atoms with Gasteiger partial charge in [0.15, 0.2) is 5.78 Å². The maximum absolute atomic E-state index is 13.5. The molecule has 0 aliphatic heterocycles. The zero-order valence-corrected chi connectivity index (χ0v) is 22.4. The molecule has 0 saturated carbocycles. The van der Waals surface area contributed by atoms with E-state index in [-0.39, 0.29) is 22.9 Å². The van der Waals surface area contributed by atoms with E-state index < -0.39 is 0 Å². The van der Waals surface area contributed by atoms with E-state index in [9.17, 15) is 14.0 Å². The SMILES string of the molecule is CNC(=O)c1c(-c2ccc(F)cc2)sc2ccc(-c3cccc(C(=O)CC(C)(C)c4ccccc4)c3)cc12. The second-order valence-electron chi connectivity index (χ2n) is 10.0. The summed E-state index contributed by atoms with van der Waals surface area (Å²) >= 11 is 1.51. The summed E-state index contributed by atoms with van der Waals surface area (Å²) in [5, 5.41) is 3.58. The highest BCUT2D eigenvalue weighted by molar-refractivity contribution is 7.22. The quantitative estimate of drug-likeness (QED) is 0.219. The number of halogens is 1. The molecule has 0 spiro atoms. The Morgan fingerprint density at radius 3 is 2.21 bits per heavy atom. The Hall–Kier alpha value is -4.09. The summed E-state index contributed by atoms with van der Waals surface area (Å²) in [6.45, 7) is 4.18. The van der Waals surface area contributed by atoms with Gasteiger partial charge >= 0.3 is 0 Å². The molecule has 0 bridgehead atoms. The molecule has 0 saturated heterocycles. The maximum atomic E-state index is 13.5. The molecule has 1 aromatic heterocycles. The van der Waals surface area contributed by atoms with E-state index in [4.69, 9.17) is 0 Å². The smallest absolute Gasteiger partial charge is 0.253 e. The van der Waals surface area contributed by atoms with Gasteiger partial charge in [0.2, 0.25) is 0 Å². The van der Waals surface area contributed by atoms with Crippen LogP contribution in [0, 0.1) is 5.82 Å². The van der Waals surface area contributed by atoms with Crippen LogP contribution in [0.4, 0.5) is 4.39 Å². The van der Waals surface area contributed by atoms with Crippen molar-refractivity contribution >= 4 is 33.1 Å². The minimum Gasteiger partial charge on any atom is -0.355 e. The van der Waals surface area contributed by atoms with Crippen LogP contribution in [0.25, 0.3) is 31.7 Å². The number of benzene rings is 4. The third-order valence-electron chi connectivity index (χ3n) is 6.92. The second kappa shape index (κ2) is 10.3. The summed E-state index contributed by atoms with van der Waals surface area (Å²) < 4.78 is 14.5. The van der Waals surface area contributed by atoms with E-state index in [1.54, 1.807) is 19.2 Å². The van der Waals surface area contributed by atoms with Crippen molar-refractivity contribution in [3.8, 4) is 21.6 Å². The molecule has 1 amide bonds. The third kappa shape index (κ3) is 5.02. The first-order chi connectivity index (χ1) is 18.3. The van der Waals surface area contributed by atoms with Crippen LogP contribution >= 0.6 is 11.3 Å². The molecule has 5 aromatic rings. The Morgan fingerprint density at radius 1 is 0.816 bits per heavy atom. The van der Waals surface area contributed by atoms with Crippen molar-refractivity contribution in [3.63, 3.8) is 0 Å². The second-order valence-corrected chi connectivity index (χ2v) is 11.1. The van der Waals surface area contributed by atoms with Gasteiger partial charge in [-0.25, -0.2) is 4.39 Å². The number of rotatable bonds is 7. The van der Waals surface area contributed by atoms with Crippen molar-refractivity contribution in [1.29, 1.82) is 0 Å². The largest absolute Gasteiger partial charge is 0.355 e. The summed E-state index contributed by atoms with van der Waals surface area (Å²) in [5.41, 5.74) is 4.69. The first kappa shape index (κ1) is 25.6. The van der Waals surface area contributed by atoms with Crippen LogP contribution in [0.2, 0.25) is 0 Å². The summed E-state index contributed by atoms with van der Waals surface area (Å²) in [6, 6.07) is 30.0. The molecule has 0 aliphatic rings. The number of carbonyl (C=O) groups is 2. The topological polar surface area (TPSA) is 46.2 Å². The average Bonchev–Trinajstić information content (AvgIpc) is 3.32. The molecular formula is C33H28FNO2S. The minimum atomic E-state index is -0.319.